The third-order valence-electron chi connectivity index (χ3n) is 3.52. The van der Waals surface area contributed by atoms with Crippen molar-refractivity contribution in [3.8, 4) is 0 Å². The van der Waals surface area contributed by atoms with Crippen LogP contribution in [-0.4, -0.2) is 6.04 Å². The van der Waals surface area contributed by atoms with Gasteiger partial charge in [0.05, 0.1) is 0 Å². The van der Waals surface area contributed by atoms with E-state index in [0.29, 0.717) is 11.5 Å². The number of hydrogen-bond donors (Lipinski definition) is 1. The summed E-state index contributed by atoms with van der Waals surface area (Å²) in [5, 5.41) is 0. The Kier molecular flexibility index (Phi) is 2.82. The molecule has 1 rings (SSSR count). The standard InChI is InChI=1S/C11H23N/c1-8(2)10-7-9(12)5-6-11(10,3)4/h8-10H,5-7,12H2,1-4H3. The fourth-order valence-corrected chi connectivity index (χ4v) is 2.68. The summed E-state index contributed by atoms with van der Waals surface area (Å²) in [5.41, 5.74) is 6.50. The predicted molar refractivity (Wildman–Crippen MR) is 53.9 cm³/mol. The largest absolute Gasteiger partial charge is 0.328 e. The van der Waals surface area contributed by atoms with Gasteiger partial charge in [0.1, 0.15) is 0 Å². The van der Waals surface area contributed by atoms with Crippen molar-refractivity contribution in [1.29, 1.82) is 0 Å². The van der Waals surface area contributed by atoms with E-state index in [1.165, 1.54) is 19.3 Å². The Balaban J connectivity index is 2.65. The summed E-state index contributed by atoms with van der Waals surface area (Å²) >= 11 is 0. The van der Waals surface area contributed by atoms with Crippen LogP contribution in [0.1, 0.15) is 47.0 Å². The highest BCUT2D eigenvalue weighted by atomic mass is 14.7. The Hall–Kier alpha value is -0.0400. The molecule has 0 aromatic rings. The van der Waals surface area contributed by atoms with E-state index in [9.17, 15) is 0 Å². The molecule has 0 heterocycles. The first kappa shape index (κ1) is 10.0. The van der Waals surface area contributed by atoms with Crippen molar-refractivity contribution in [1.82, 2.24) is 0 Å². The van der Waals surface area contributed by atoms with Crippen LogP contribution in [0.25, 0.3) is 0 Å². The van der Waals surface area contributed by atoms with E-state index in [1.807, 2.05) is 0 Å². The molecule has 0 aromatic heterocycles. The number of rotatable bonds is 1. The van der Waals surface area contributed by atoms with Gasteiger partial charge in [-0.15, -0.1) is 0 Å². The number of hydrogen-bond acceptors (Lipinski definition) is 1. The fourth-order valence-electron chi connectivity index (χ4n) is 2.68. The highest BCUT2D eigenvalue weighted by Crippen LogP contribution is 2.43. The van der Waals surface area contributed by atoms with Crippen LogP contribution in [0.15, 0.2) is 0 Å². The first-order valence-corrected chi connectivity index (χ1v) is 5.19. The summed E-state index contributed by atoms with van der Waals surface area (Å²) in [5.74, 6) is 1.60. The molecule has 2 atom stereocenters. The molecule has 0 aromatic carbocycles. The molecule has 1 heteroatoms. The first-order chi connectivity index (χ1) is 5.43. The summed E-state index contributed by atoms with van der Waals surface area (Å²) < 4.78 is 0. The van der Waals surface area contributed by atoms with Crippen molar-refractivity contribution in [3.63, 3.8) is 0 Å². The number of nitrogens with two attached hydrogens (primary N) is 1. The zero-order valence-corrected chi connectivity index (χ0v) is 8.93. The van der Waals surface area contributed by atoms with Crippen LogP contribution in [0, 0.1) is 17.3 Å². The van der Waals surface area contributed by atoms with Crippen LogP contribution in [0.4, 0.5) is 0 Å². The lowest BCUT2D eigenvalue weighted by molar-refractivity contribution is 0.0845. The molecular formula is C11H23N. The summed E-state index contributed by atoms with van der Waals surface area (Å²) in [7, 11) is 0. The molecule has 1 aliphatic carbocycles. The molecule has 1 nitrogen and oxygen atoms in total. The molecule has 0 bridgehead atoms. The van der Waals surface area contributed by atoms with Gasteiger partial charge in [0, 0.05) is 6.04 Å². The lowest BCUT2D eigenvalue weighted by atomic mass is 9.63. The third kappa shape index (κ3) is 2.01. The molecule has 1 saturated carbocycles. The maximum absolute atomic E-state index is 5.98. The van der Waals surface area contributed by atoms with Gasteiger partial charge in [0.15, 0.2) is 0 Å². The van der Waals surface area contributed by atoms with Crippen LogP contribution in [0.2, 0.25) is 0 Å². The molecule has 12 heavy (non-hydrogen) atoms. The van der Waals surface area contributed by atoms with Crippen LogP contribution in [0.5, 0.6) is 0 Å². The molecular weight excluding hydrogens is 146 g/mol. The van der Waals surface area contributed by atoms with Crippen LogP contribution in [0.3, 0.4) is 0 Å². The monoisotopic (exact) mass is 169 g/mol. The molecule has 2 N–H and O–H groups in total. The molecule has 2 unspecified atom stereocenters. The molecule has 0 radical (unpaired) electrons. The Bertz CT molecular complexity index is 149. The zero-order chi connectivity index (χ0) is 9.35. The van der Waals surface area contributed by atoms with Crippen molar-refractivity contribution in [2.24, 2.45) is 23.0 Å². The minimum atomic E-state index is 0.463. The second kappa shape index (κ2) is 3.37. The van der Waals surface area contributed by atoms with Gasteiger partial charge in [-0.25, -0.2) is 0 Å². The minimum Gasteiger partial charge on any atom is -0.328 e. The van der Waals surface area contributed by atoms with Crippen molar-refractivity contribution in [3.05, 3.63) is 0 Å². The molecule has 72 valence electrons. The van der Waals surface area contributed by atoms with Gasteiger partial charge in [0.25, 0.3) is 0 Å². The lowest BCUT2D eigenvalue weighted by Gasteiger charge is -2.43. The van der Waals surface area contributed by atoms with E-state index >= 15 is 0 Å². The quantitative estimate of drug-likeness (QED) is 0.642. The summed E-state index contributed by atoms with van der Waals surface area (Å²) in [4.78, 5) is 0. The van der Waals surface area contributed by atoms with Crippen LogP contribution >= 0.6 is 0 Å². The van der Waals surface area contributed by atoms with Crippen LogP contribution in [-0.2, 0) is 0 Å². The van der Waals surface area contributed by atoms with Crippen molar-refractivity contribution in [2.75, 3.05) is 0 Å². The molecule has 0 amide bonds. The maximum atomic E-state index is 5.98. The van der Waals surface area contributed by atoms with Gasteiger partial charge in [-0.2, -0.15) is 0 Å². The van der Waals surface area contributed by atoms with E-state index in [1.54, 1.807) is 0 Å². The normalized spacial score (nSPS) is 35.5. The highest BCUT2D eigenvalue weighted by Gasteiger charge is 2.36. The zero-order valence-electron chi connectivity index (χ0n) is 8.93. The van der Waals surface area contributed by atoms with Gasteiger partial charge in [-0.1, -0.05) is 27.7 Å². The fraction of sp³-hybridized carbons (Fsp3) is 1.00. The second-order valence-electron chi connectivity index (χ2n) is 5.37. The summed E-state index contributed by atoms with van der Waals surface area (Å²) in [6.45, 7) is 9.43. The smallest absolute Gasteiger partial charge is 0.00419 e. The van der Waals surface area contributed by atoms with Gasteiger partial charge < -0.3 is 5.73 Å². The van der Waals surface area contributed by atoms with Gasteiger partial charge in [-0.3, -0.25) is 0 Å². The maximum Gasteiger partial charge on any atom is 0.00419 e. The average molecular weight is 169 g/mol. The summed E-state index contributed by atoms with van der Waals surface area (Å²) in [6.07, 6.45) is 3.75. The Labute approximate surface area is 76.7 Å². The topological polar surface area (TPSA) is 26.0 Å². The van der Waals surface area contributed by atoms with E-state index in [-0.39, 0.29) is 0 Å². The Morgan fingerprint density at radius 2 is 1.92 bits per heavy atom. The molecule has 0 aliphatic heterocycles. The SMILES string of the molecule is CC(C)C1CC(N)CCC1(C)C. The van der Waals surface area contributed by atoms with Crippen molar-refractivity contribution in [2.45, 2.75) is 53.0 Å². The van der Waals surface area contributed by atoms with Crippen molar-refractivity contribution < 1.29 is 0 Å². The molecule has 0 spiro atoms. The third-order valence-corrected chi connectivity index (χ3v) is 3.52. The van der Waals surface area contributed by atoms with Gasteiger partial charge in [0.2, 0.25) is 0 Å². The van der Waals surface area contributed by atoms with Crippen molar-refractivity contribution >= 4 is 0 Å². The molecule has 1 aliphatic rings. The van der Waals surface area contributed by atoms with E-state index < -0.39 is 0 Å². The van der Waals surface area contributed by atoms with E-state index in [2.05, 4.69) is 27.7 Å². The van der Waals surface area contributed by atoms with Gasteiger partial charge >= 0.3 is 0 Å². The molecule has 0 saturated heterocycles. The van der Waals surface area contributed by atoms with E-state index in [4.69, 9.17) is 5.73 Å². The highest BCUT2D eigenvalue weighted by molar-refractivity contribution is 4.88. The summed E-state index contributed by atoms with van der Waals surface area (Å²) in [6, 6.07) is 0.463. The van der Waals surface area contributed by atoms with E-state index in [0.717, 1.165) is 11.8 Å². The van der Waals surface area contributed by atoms with Gasteiger partial charge in [-0.05, 0) is 36.5 Å². The average Bonchev–Trinajstić information content (AvgIpc) is 1.94. The second-order valence-corrected chi connectivity index (χ2v) is 5.37. The Morgan fingerprint density at radius 1 is 1.33 bits per heavy atom. The van der Waals surface area contributed by atoms with Crippen LogP contribution < -0.4 is 5.73 Å². The molecule has 1 fully saturated rings. The predicted octanol–water partition coefficient (Wildman–Crippen LogP) is 2.80. The Morgan fingerprint density at radius 3 is 2.33 bits per heavy atom. The first-order valence-electron chi connectivity index (χ1n) is 5.19. The lowest BCUT2D eigenvalue weighted by Crippen LogP contribution is -2.40. The minimum absolute atomic E-state index is 0.463.